The van der Waals surface area contributed by atoms with Gasteiger partial charge in [0.25, 0.3) is 5.56 Å². The first-order valence-corrected chi connectivity index (χ1v) is 14.0. The standard InChI is InChI=1S/C31H35F2N7O2/c1-5-40-28-16-29(34-3)35-17-20(28)14-24(30(40)41)23-15-27(26(33)12-19(23)2)37-31(42)36-22-6-7-25(32)21(13-22)18-39-10-8-38(4)9-11-39/h6-7,12-17H,5,8-11,18H2,1-4H3,(H,34,35)(H2,36,37,42). The lowest BCUT2D eigenvalue weighted by Crippen LogP contribution is -2.44. The van der Waals surface area contributed by atoms with Crippen molar-refractivity contribution < 1.29 is 13.6 Å². The zero-order valence-corrected chi connectivity index (χ0v) is 24.2. The SMILES string of the molecule is CCn1c(=O)c(-c2cc(NC(=O)Nc3ccc(F)c(CN4CCN(C)CC4)c3)c(F)cc2C)cc2cnc(NC)cc21. The van der Waals surface area contributed by atoms with E-state index in [1.165, 1.54) is 24.3 Å². The lowest BCUT2D eigenvalue weighted by atomic mass is 9.99. The molecule has 0 radical (unpaired) electrons. The molecule has 1 fully saturated rings. The largest absolute Gasteiger partial charge is 0.373 e. The molecule has 4 aromatic rings. The van der Waals surface area contributed by atoms with Crippen molar-refractivity contribution in [1.29, 1.82) is 0 Å². The van der Waals surface area contributed by atoms with E-state index in [0.29, 0.717) is 46.8 Å². The summed E-state index contributed by atoms with van der Waals surface area (Å²) in [5, 5.41) is 8.97. The maximum absolute atomic E-state index is 15.0. The Kier molecular flexibility index (Phi) is 8.51. The zero-order valence-electron chi connectivity index (χ0n) is 24.2. The van der Waals surface area contributed by atoms with Crippen LogP contribution in [0.25, 0.3) is 22.0 Å². The van der Waals surface area contributed by atoms with Gasteiger partial charge >= 0.3 is 6.03 Å². The minimum absolute atomic E-state index is 0.0842. The molecule has 42 heavy (non-hydrogen) atoms. The number of benzene rings is 2. The summed E-state index contributed by atoms with van der Waals surface area (Å²) >= 11 is 0. The highest BCUT2D eigenvalue weighted by atomic mass is 19.1. The molecule has 1 saturated heterocycles. The van der Waals surface area contributed by atoms with E-state index in [4.69, 9.17) is 0 Å². The molecule has 0 atom stereocenters. The van der Waals surface area contributed by atoms with E-state index in [1.54, 1.807) is 36.9 Å². The third-order valence-electron chi connectivity index (χ3n) is 7.70. The van der Waals surface area contributed by atoms with Crippen molar-refractivity contribution in [2.75, 3.05) is 56.2 Å². The lowest BCUT2D eigenvalue weighted by Gasteiger charge is -2.32. The van der Waals surface area contributed by atoms with Crippen molar-refractivity contribution in [3.05, 3.63) is 81.8 Å². The topological polar surface area (TPSA) is 94.5 Å². The number of carbonyl (C=O) groups is 1. The number of amides is 2. The van der Waals surface area contributed by atoms with E-state index in [1.807, 2.05) is 13.0 Å². The molecule has 11 heteroatoms. The first kappa shape index (κ1) is 29.2. The van der Waals surface area contributed by atoms with E-state index in [0.717, 1.165) is 37.1 Å². The highest BCUT2D eigenvalue weighted by Gasteiger charge is 2.19. The number of urea groups is 1. The third-order valence-corrected chi connectivity index (χ3v) is 7.70. The van der Waals surface area contributed by atoms with Crippen molar-refractivity contribution in [3.8, 4) is 11.1 Å². The number of likely N-dealkylation sites (N-methyl/N-ethyl adjacent to an activating group) is 1. The number of pyridine rings is 2. The van der Waals surface area contributed by atoms with Gasteiger partial charge in [-0.25, -0.2) is 18.6 Å². The first-order chi connectivity index (χ1) is 20.2. The summed E-state index contributed by atoms with van der Waals surface area (Å²) in [6.07, 6.45) is 1.68. The predicted octanol–water partition coefficient (Wildman–Crippen LogP) is 5.10. The number of hydrogen-bond acceptors (Lipinski definition) is 6. The van der Waals surface area contributed by atoms with Crippen molar-refractivity contribution >= 4 is 34.1 Å². The number of carbonyl (C=O) groups excluding carboxylic acids is 1. The van der Waals surface area contributed by atoms with Crippen LogP contribution in [0.2, 0.25) is 0 Å². The van der Waals surface area contributed by atoms with Gasteiger partial charge in [0.1, 0.15) is 17.5 Å². The van der Waals surface area contributed by atoms with Crippen LogP contribution in [0.3, 0.4) is 0 Å². The number of anilines is 3. The molecule has 0 spiro atoms. The van der Waals surface area contributed by atoms with E-state index in [9.17, 15) is 14.0 Å². The van der Waals surface area contributed by atoms with Crippen molar-refractivity contribution in [2.24, 2.45) is 0 Å². The summed E-state index contributed by atoms with van der Waals surface area (Å²) in [5.74, 6) is -0.349. The van der Waals surface area contributed by atoms with Gasteiger partial charge in [-0.15, -0.1) is 0 Å². The number of nitrogens with one attached hydrogen (secondary N) is 3. The Morgan fingerprint density at radius 3 is 2.45 bits per heavy atom. The molecule has 3 heterocycles. The van der Waals surface area contributed by atoms with Crippen LogP contribution in [-0.2, 0) is 13.1 Å². The summed E-state index contributed by atoms with van der Waals surface area (Å²) in [6.45, 7) is 7.93. The van der Waals surface area contributed by atoms with Gasteiger partial charge in [0.05, 0.1) is 11.2 Å². The van der Waals surface area contributed by atoms with Gasteiger partial charge in [-0.3, -0.25) is 9.69 Å². The van der Waals surface area contributed by atoms with Crippen LogP contribution in [0, 0.1) is 18.6 Å². The normalized spacial score (nSPS) is 14.2. The second-order valence-corrected chi connectivity index (χ2v) is 10.6. The maximum Gasteiger partial charge on any atom is 0.323 e. The molecule has 9 nitrogen and oxygen atoms in total. The Balaban J connectivity index is 1.39. The highest BCUT2D eigenvalue weighted by Crippen LogP contribution is 2.30. The van der Waals surface area contributed by atoms with Crippen molar-refractivity contribution in [3.63, 3.8) is 0 Å². The molecule has 1 aliphatic rings. The molecule has 0 unspecified atom stereocenters. The van der Waals surface area contributed by atoms with Crippen LogP contribution in [0.15, 0.2) is 53.5 Å². The summed E-state index contributed by atoms with van der Waals surface area (Å²) in [7, 11) is 3.81. The fourth-order valence-corrected chi connectivity index (χ4v) is 5.28. The summed E-state index contributed by atoms with van der Waals surface area (Å²) in [5.41, 5.74) is 2.69. The molecule has 2 aromatic heterocycles. The van der Waals surface area contributed by atoms with Gasteiger partial charge in [0.2, 0.25) is 0 Å². The average Bonchev–Trinajstić information content (AvgIpc) is 2.97. The quantitative estimate of drug-likeness (QED) is 0.284. The molecule has 0 saturated carbocycles. The van der Waals surface area contributed by atoms with Crippen LogP contribution in [0.5, 0.6) is 0 Å². The van der Waals surface area contributed by atoms with E-state index in [-0.39, 0.29) is 17.1 Å². The predicted molar refractivity (Wildman–Crippen MR) is 163 cm³/mol. The Hall–Kier alpha value is -4.35. The molecule has 0 aliphatic carbocycles. The molecule has 2 amide bonds. The minimum atomic E-state index is -0.686. The number of piperazine rings is 1. The Bertz CT molecular complexity index is 1700. The summed E-state index contributed by atoms with van der Waals surface area (Å²) < 4.78 is 31.2. The Morgan fingerprint density at radius 2 is 1.74 bits per heavy atom. The summed E-state index contributed by atoms with van der Waals surface area (Å²) in [6, 6.07) is 10.00. The maximum atomic E-state index is 15.0. The fourth-order valence-electron chi connectivity index (χ4n) is 5.28. The van der Waals surface area contributed by atoms with Gasteiger partial charge in [-0.2, -0.15) is 0 Å². The number of rotatable bonds is 7. The number of nitrogens with zero attached hydrogens (tertiary/aromatic N) is 4. The molecular weight excluding hydrogens is 540 g/mol. The molecule has 5 rings (SSSR count). The van der Waals surface area contributed by atoms with Gasteiger partial charge in [-0.05, 0) is 68.4 Å². The Morgan fingerprint density at radius 1 is 0.976 bits per heavy atom. The van der Waals surface area contributed by atoms with Crippen LogP contribution < -0.4 is 21.5 Å². The second kappa shape index (κ2) is 12.3. The smallest absolute Gasteiger partial charge is 0.323 e. The molecule has 0 bridgehead atoms. The van der Waals surface area contributed by atoms with Crippen LogP contribution >= 0.6 is 0 Å². The number of fused-ring (bicyclic) bond motifs is 1. The third kappa shape index (κ3) is 6.12. The fraction of sp³-hybridized carbons (Fsp3) is 0.323. The second-order valence-electron chi connectivity index (χ2n) is 10.6. The van der Waals surface area contributed by atoms with Gasteiger partial charge < -0.3 is 25.4 Å². The highest BCUT2D eigenvalue weighted by molar-refractivity contribution is 6.00. The Labute approximate surface area is 243 Å². The van der Waals surface area contributed by atoms with E-state index in [2.05, 4.69) is 37.8 Å². The van der Waals surface area contributed by atoms with Crippen LogP contribution in [0.1, 0.15) is 18.1 Å². The van der Waals surface area contributed by atoms with Crippen molar-refractivity contribution in [1.82, 2.24) is 19.4 Å². The molecule has 220 valence electrons. The minimum Gasteiger partial charge on any atom is -0.373 e. The van der Waals surface area contributed by atoms with Gasteiger partial charge in [0.15, 0.2) is 0 Å². The molecule has 1 aliphatic heterocycles. The molecular formula is C31H35F2N7O2. The average molecular weight is 576 g/mol. The zero-order chi connectivity index (χ0) is 30.0. The molecule has 3 N–H and O–H groups in total. The van der Waals surface area contributed by atoms with Crippen molar-refractivity contribution in [2.45, 2.75) is 26.9 Å². The number of hydrogen-bond donors (Lipinski definition) is 3. The van der Waals surface area contributed by atoms with Gasteiger partial charge in [-0.1, -0.05) is 0 Å². The van der Waals surface area contributed by atoms with Gasteiger partial charge in [0, 0.05) is 80.8 Å². The lowest BCUT2D eigenvalue weighted by molar-refractivity contribution is 0.147. The first-order valence-electron chi connectivity index (χ1n) is 14.0. The monoisotopic (exact) mass is 575 g/mol. The van der Waals surface area contributed by atoms with E-state index < -0.39 is 11.8 Å². The van der Waals surface area contributed by atoms with Crippen LogP contribution in [-0.4, -0.2) is 65.7 Å². The number of halogens is 2. The summed E-state index contributed by atoms with van der Waals surface area (Å²) in [4.78, 5) is 35.2. The molecule has 2 aromatic carbocycles. The van der Waals surface area contributed by atoms with Crippen LogP contribution in [0.4, 0.5) is 30.8 Å². The number of aryl methyl sites for hydroxylation is 2. The number of aromatic nitrogens is 2. The van der Waals surface area contributed by atoms with E-state index >= 15 is 4.39 Å².